The number of urea groups is 1. The monoisotopic (exact) mass is 476 g/mol. The van der Waals surface area contributed by atoms with Gasteiger partial charge in [0.25, 0.3) is 5.91 Å². The maximum Gasteiger partial charge on any atom is 0.417 e. The fourth-order valence-corrected chi connectivity index (χ4v) is 4.68. The summed E-state index contributed by atoms with van der Waals surface area (Å²) in [5.74, 6) is -1.52. The molecule has 4 rings (SSSR count). The number of carbonyl (C=O) groups excluding carboxylic acids is 2. The van der Waals surface area contributed by atoms with Crippen molar-refractivity contribution in [2.45, 2.75) is 43.6 Å². The van der Waals surface area contributed by atoms with E-state index in [4.69, 9.17) is 5.26 Å². The Kier molecular flexibility index (Phi) is 5.95. The lowest BCUT2D eigenvalue weighted by Gasteiger charge is -2.34. The number of alkyl halides is 3. The van der Waals surface area contributed by atoms with Crippen molar-refractivity contribution in [2.24, 2.45) is 0 Å². The second-order valence-electron chi connectivity index (χ2n) is 8.21. The summed E-state index contributed by atoms with van der Waals surface area (Å²) in [7, 11) is 1.35. The minimum absolute atomic E-state index is 0.0485. The second kappa shape index (κ2) is 8.61. The van der Waals surface area contributed by atoms with Crippen LogP contribution in [-0.2, 0) is 6.18 Å². The van der Waals surface area contributed by atoms with Crippen LogP contribution < -0.4 is 15.1 Å². The molecule has 1 unspecified atom stereocenters. The summed E-state index contributed by atoms with van der Waals surface area (Å²) in [6.45, 7) is 0. The van der Waals surface area contributed by atoms with Gasteiger partial charge < -0.3 is 10.4 Å². The Balaban J connectivity index is 1.79. The van der Waals surface area contributed by atoms with E-state index in [0.29, 0.717) is 12.8 Å². The van der Waals surface area contributed by atoms with Crippen molar-refractivity contribution in [3.8, 4) is 6.07 Å². The zero-order valence-electron chi connectivity index (χ0n) is 17.9. The number of rotatable bonds is 3. The molecule has 3 atom stereocenters. The molecule has 2 fully saturated rings. The first-order valence-corrected chi connectivity index (χ1v) is 10.5. The molecule has 1 aliphatic carbocycles. The van der Waals surface area contributed by atoms with Crippen molar-refractivity contribution in [2.75, 3.05) is 16.8 Å². The van der Waals surface area contributed by atoms with E-state index in [0.717, 1.165) is 18.2 Å². The van der Waals surface area contributed by atoms with E-state index in [2.05, 4.69) is 5.32 Å². The van der Waals surface area contributed by atoms with Crippen LogP contribution in [0.25, 0.3) is 0 Å². The zero-order valence-corrected chi connectivity index (χ0v) is 17.9. The third kappa shape index (κ3) is 3.94. The smallest absolute Gasteiger partial charge is 0.393 e. The standard InChI is InChI=1S/C23H20F4N4O3/c1-29-21(33)16-6-4-14(9-18(16)24)31-20-10-15(32)5-7-19(20)30(22(31)34)13-3-2-12(11-28)17(8-13)23(25,26)27/h2-4,6,8-9,15,19-20,32H,5,7,10H2,1H3,(H,29,33)/t15?,19-,20-/m0/s1. The number of halogens is 4. The van der Waals surface area contributed by atoms with E-state index >= 15 is 0 Å². The van der Waals surface area contributed by atoms with Crippen LogP contribution in [-0.4, -0.2) is 42.3 Å². The van der Waals surface area contributed by atoms with Crippen LogP contribution in [0, 0.1) is 17.1 Å². The summed E-state index contributed by atoms with van der Waals surface area (Å²) in [6.07, 6.45) is -4.74. The fourth-order valence-electron chi connectivity index (χ4n) is 4.68. The summed E-state index contributed by atoms with van der Waals surface area (Å²) < 4.78 is 55.2. The molecule has 3 amide bonds. The Hall–Kier alpha value is -3.65. The summed E-state index contributed by atoms with van der Waals surface area (Å²) >= 11 is 0. The normalized spacial score (nSPS) is 22.4. The molecule has 1 heterocycles. The summed E-state index contributed by atoms with van der Waals surface area (Å²) in [4.78, 5) is 27.8. The highest BCUT2D eigenvalue weighted by Gasteiger charge is 2.50. The maximum atomic E-state index is 14.6. The van der Waals surface area contributed by atoms with Gasteiger partial charge in [0, 0.05) is 18.4 Å². The Labute approximate surface area is 192 Å². The molecule has 0 radical (unpaired) electrons. The third-order valence-corrected chi connectivity index (χ3v) is 6.24. The topological polar surface area (TPSA) is 96.7 Å². The van der Waals surface area contributed by atoms with Crippen LogP contribution in [0.3, 0.4) is 0 Å². The Bertz CT molecular complexity index is 1190. The van der Waals surface area contributed by atoms with E-state index in [-0.39, 0.29) is 23.4 Å². The number of amides is 3. The van der Waals surface area contributed by atoms with Crippen molar-refractivity contribution >= 4 is 23.3 Å². The van der Waals surface area contributed by atoms with Crippen molar-refractivity contribution in [1.82, 2.24) is 5.32 Å². The molecule has 1 aliphatic heterocycles. The molecule has 2 N–H and O–H groups in total. The number of nitrogens with one attached hydrogen (secondary N) is 1. The van der Waals surface area contributed by atoms with Crippen LogP contribution in [0.5, 0.6) is 0 Å². The van der Waals surface area contributed by atoms with E-state index in [1.807, 2.05) is 0 Å². The Morgan fingerprint density at radius 2 is 1.76 bits per heavy atom. The third-order valence-electron chi connectivity index (χ3n) is 6.24. The van der Waals surface area contributed by atoms with Crippen molar-refractivity contribution in [3.05, 3.63) is 58.9 Å². The van der Waals surface area contributed by atoms with Crippen molar-refractivity contribution < 1.29 is 32.3 Å². The summed E-state index contributed by atoms with van der Waals surface area (Å²) in [5.41, 5.74) is -1.88. The van der Waals surface area contributed by atoms with E-state index < -0.39 is 53.2 Å². The van der Waals surface area contributed by atoms with Gasteiger partial charge in [-0.1, -0.05) is 0 Å². The fraction of sp³-hybridized carbons (Fsp3) is 0.348. The van der Waals surface area contributed by atoms with Crippen molar-refractivity contribution in [1.29, 1.82) is 5.26 Å². The molecule has 1 saturated carbocycles. The second-order valence-corrected chi connectivity index (χ2v) is 8.21. The van der Waals surface area contributed by atoms with Gasteiger partial charge in [0.05, 0.1) is 40.9 Å². The number of benzene rings is 2. The van der Waals surface area contributed by atoms with Gasteiger partial charge in [0.1, 0.15) is 5.82 Å². The number of nitrogens with zero attached hydrogens (tertiary/aromatic N) is 3. The molecule has 0 spiro atoms. The average molecular weight is 476 g/mol. The highest BCUT2D eigenvalue weighted by Crippen LogP contribution is 2.42. The van der Waals surface area contributed by atoms with E-state index in [1.165, 1.54) is 41.1 Å². The lowest BCUT2D eigenvalue weighted by molar-refractivity contribution is -0.137. The first-order valence-electron chi connectivity index (χ1n) is 10.5. The lowest BCUT2D eigenvalue weighted by Crippen LogP contribution is -2.44. The molecule has 34 heavy (non-hydrogen) atoms. The van der Waals surface area contributed by atoms with Gasteiger partial charge in [0.2, 0.25) is 0 Å². The van der Waals surface area contributed by atoms with E-state index in [1.54, 1.807) is 0 Å². The predicted octanol–water partition coefficient (Wildman–Crippen LogP) is 3.80. The highest BCUT2D eigenvalue weighted by atomic mass is 19.4. The Morgan fingerprint density at radius 3 is 2.38 bits per heavy atom. The highest BCUT2D eigenvalue weighted by molar-refractivity contribution is 6.08. The van der Waals surface area contributed by atoms with Crippen LogP contribution >= 0.6 is 0 Å². The molecule has 11 heteroatoms. The number of carbonyl (C=O) groups is 2. The van der Waals surface area contributed by atoms with Gasteiger partial charge in [-0.25, -0.2) is 9.18 Å². The maximum absolute atomic E-state index is 14.6. The number of anilines is 2. The number of fused-ring (bicyclic) bond motifs is 1. The van der Waals surface area contributed by atoms with Gasteiger partial charge in [-0.05, 0) is 55.7 Å². The summed E-state index contributed by atoms with van der Waals surface area (Å²) in [5, 5.41) is 21.6. The zero-order chi connectivity index (χ0) is 24.8. The molecule has 7 nitrogen and oxygen atoms in total. The number of aliphatic hydroxyl groups is 1. The van der Waals surface area contributed by atoms with Gasteiger partial charge in [-0.3, -0.25) is 14.6 Å². The number of nitriles is 1. The molecular formula is C23H20F4N4O3. The van der Waals surface area contributed by atoms with Crippen molar-refractivity contribution in [3.63, 3.8) is 0 Å². The molecule has 178 valence electrons. The van der Waals surface area contributed by atoms with Gasteiger partial charge >= 0.3 is 12.2 Å². The minimum Gasteiger partial charge on any atom is -0.393 e. The van der Waals surface area contributed by atoms with Crippen LogP contribution in [0.4, 0.5) is 33.7 Å². The van der Waals surface area contributed by atoms with Crippen LogP contribution in [0.15, 0.2) is 36.4 Å². The SMILES string of the molecule is CNC(=O)c1ccc(N2C(=O)N(c3ccc(C#N)c(C(F)(F)F)c3)[C@H]3CCC(O)C[C@@H]32)cc1F. The number of hydrogen-bond acceptors (Lipinski definition) is 4. The first kappa shape index (κ1) is 23.5. The molecule has 0 aromatic heterocycles. The molecule has 2 aliphatic rings. The molecule has 0 bridgehead atoms. The molecule has 1 saturated heterocycles. The van der Waals surface area contributed by atoms with Crippen LogP contribution in [0.2, 0.25) is 0 Å². The quantitative estimate of drug-likeness (QED) is 0.659. The number of hydrogen-bond donors (Lipinski definition) is 2. The van der Waals surface area contributed by atoms with Crippen LogP contribution in [0.1, 0.15) is 40.7 Å². The Morgan fingerprint density at radius 1 is 1.12 bits per heavy atom. The van der Waals surface area contributed by atoms with Gasteiger partial charge in [0.15, 0.2) is 0 Å². The number of aliphatic hydroxyl groups excluding tert-OH is 1. The lowest BCUT2D eigenvalue weighted by atomic mass is 9.87. The molecular weight excluding hydrogens is 456 g/mol. The van der Waals surface area contributed by atoms with Gasteiger partial charge in [-0.15, -0.1) is 0 Å². The first-order chi connectivity index (χ1) is 16.1. The summed E-state index contributed by atoms with van der Waals surface area (Å²) in [6, 6.07) is 6.28. The predicted molar refractivity (Wildman–Crippen MR) is 114 cm³/mol. The molecule has 2 aromatic carbocycles. The van der Waals surface area contributed by atoms with Gasteiger partial charge in [-0.2, -0.15) is 18.4 Å². The molecule has 2 aromatic rings. The van der Waals surface area contributed by atoms with E-state index in [9.17, 15) is 32.3 Å². The minimum atomic E-state index is -4.80. The largest absolute Gasteiger partial charge is 0.417 e. The average Bonchev–Trinajstić information content (AvgIpc) is 3.08.